The molecule has 2 aliphatic rings. The number of rotatable bonds is 5. The maximum absolute atomic E-state index is 11.7. The summed E-state index contributed by atoms with van der Waals surface area (Å²) in [5.41, 5.74) is 4.61. The van der Waals surface area contributed by atoms with Gasteiger partial charge in [-0.3, -0.25) is 15.1 Å². The highest BCUT2D eigenvalue weighted by molar-refractivity contribution is 7.07. The summed E-state index contributed by atoms with van der Waals surface area (Å²) < 4.78 is 12.5. The molecule has 0 bridgehead atoms. The molecule has 2 heterocycles. The molecule has 0 unspecified atom stereocenters. The number of nitrogens with zero attached hydrogens (tertiary/aromatic N) is 4. The van der Waals surface area contributed by atoms with Gasteiger partial charge in [-0.1, -0.05) is 31.4 Å². The van der Waals surface area contributed by atoms with E-state index in [0.717, 1.165) is 28.9 Å². The number of aryl methyl sites for hydroxylation is 2. The van der Waals surface area contributed by atoms with E-state index in [4.69, 9.17) is 19.6 Å². The van der Waals surface area contributed by atoms with E-state index in [1.807, 2.05) is 0 Å². The standard InChI is InChI=1S/C25H26N4O4S/c1-16-8-9-18(10-17(16)2)22-14-34-25(27-20-6-4-3-5-7-20)28(22)26-13-19-11-23-24(33-15-32-23)12-21(19)29(30)31/h8-14,20H,3-7,15H2,1-2H3. The van der Waals surface area contributed by atoms with E-state index < -0.39 is 4.92 Å². The van der Waals surface area contributed by atoms with Crippen LogP contribution in [-0.4, -0.2) is 28.6 Å². The molecule has 34 heavy (non-hydrogen) atoms. The topological polar surface area (TPSA) is 91.2 Å². The van der Waals surface area contributed by atoms with Crippen molar-refractivity contribution in [2.75, 3.05) is 6.79 Å². The van der Waals surface area contributed by atoms with Crippen LogP contribution in [0.15, 0.2) is 45.8 Å². The molecule has 176 valence electrons. The molecule has 0 N–H and O–H groups in total. The van der Waals surface area contributed by atoms with Gasteiger partial charge in [0.2, 0.25) is 11.6 Å². The van der Waals surface area contributed by atoms with Gasteiger partial charge in [0.15, 0.2) is 11.5 Å². The monoisotopic (exact) mass is 478 g/mol. The average molecular weight is 479 g/mol. The first-order valence-corrected chi connectivity index (χ1v) is 12.3. The fraction of sp³-hybridized carbons (Fsp3) is 0.360. The van der Waals surface area contributed by atoms with Crippen LogP contribution in [0.2, 0.25) is 0 Å². The Hall–Kier alpha value is -3.46. The van der Waals surface area contributed by atoms with Crippen molar-refractivity contribution in [3.63, 3.8) is 0 Å². The van der Waals surface area contributed by atoms with Crippen molar-refractivity contribution < 1.29 is 14.4 Å². The molecule has 8 nitrogen and oxygen atoms in total. The SMILES string of the molecule is Cc1ccc(-c2csc(=NC3CCCCC3)n2N=Cc2cc3c(cc2[N+](=O)[O-])OCO3)cc1C. The lowest BCUT2D eigenvalue weighted by atomic mass is 9.96. The molecule has 0 radical (unpaired) electrons. The van der Waals surface area contributed by atoms with Crippen molar-refractivity contribution in [2.45, 2.75) is 52.0 Å². The Balaban J connectivity index is 1.61. The van der Waals surface area contributed by atoms with Crippen LogP contribution in [0.4, 0.5) is 5.69 Å². The van der Waals surface area contributed by atoms with E-state index in [-0.39, 0.29) is 18.5 Å². The van der Waals surface area contributed by atoms with Gasteiger partial charge in [0.1, 0.15) is 0 Å². The van der Waals surface area contributed by atoms with E-state index in [2.05, 4.69) is 37.4 Å². The maximum Gasteiger partial charge on any atom is 0.282 e. The molecule has 2 aromatic carbocycles. The summed E-state index contributed by atoms with van der Waals surface area (Å²) in [6.07, 6.45) is 7.31. The van der Waals surface area contributed by atoms with E-state index in [1.54, 1.807) is 22.1 Å². The van der Waals surface area contributed by atoms with Gasteiger partial charge in [-0.05, 0) is 49.9 Å². The van der Waals surface area contributed by atoms with Gasteiger partial charge >= 0.3 is 0 Å². The minimum atomic E-state index is -0.431. The summed E-state index contributed by atoms with van der Waals surface area (Å²) in [7, 11) is 0. The summed E-state index contributed by atoms with van der Waals surface area (Å²) in [5, 5.41) is 18.5. The zero-order valence-electron chi connectivity index (χ0n) is 19.2. The minimum absolute atomic E-state index is 0.0493. The number of nitro benzene ring substituents is 1. The first-order valence-electron chi connectivity index (χ1n) is 11.4. The Labute approximate surface area is 201 Å². The lowest BCUT2D eigenvalue weighted by molar-refractivity contribution is -0.385. The number of benzene rings is 2. The molecule has 1 saturated carbocycles. The maximum atomic E-state index is 11.7. The van der Waals surface area contributed by atoms with Gasteiger partial charge in [0, 0.05) is 10.9 Å². The molecule has 0 spiro atoms. The minimum Gasteiger partial charge on any atom is -0.454 e. The third-order valence-electron chi connectivity index (χ3n) is 6.39. The highest BCUT2D eigenvalue weighted by atomic mass is 32.1. The molecule has 1 aromatic heterocycles. The van der Waals surface area contributed by atoms with Crippen LogP contribution >= 0.6 is 11.3 Å². The molecular weight excluding hydrogens is 452 g/mol. The Morgan fingerprint density at radius 2 is 1.85 bits per heavy atom. The number of hydrogen-bond donors (Lipinski definition) is 0. The summed E-state index contributed by atoms with van der Waals surface area (Å²) in [4.78, 5) is 17.1. The first-order chi connectivity index (χ1) is 16.5. The highest BCUT2D eigenvalue weighted by Crippen LogP contribution is 2.37. The number of fused-ring (bicyclic) bond motifs is 1. The van der Waals surface area contributed by atoms with E-state index in [1.165, 1.54) is 42.7 Å². The number of thiazole rings is 1. The predicted molar refractivity (Wildman–Crippen MR) is 132 cm³/mol. The van der Waals surface area contributed by atoms with Crippen molar-refractivity contribution in [3.8, 4) is 22.8 Å². The van der Waals surface area contributed by atoms with E-state index in [0.29, 0.717) is 17.1 Å². The molecular formula is C25H26N4O4S. The zero-order valence-corrected chi connectivity index (χ0v) is 20.0. The van der Waals surface area contributed by atoms with Crippen LogP contribution in [0.3, 0.4) is 0 Å². The van der Waals surface area contributed by atoms with E-state index in [9.17, 15) is 10.1 Å². The van der Waals surface area contributed by atoms with Crippen molar-refractivity contribution >= 4 is 23.2 Å². The van der Waals surface area contributed by atoms with Gasteiger partial charge in [-0.2, -0.15) is 5.10 Å². The van der Waals surface area contributed by atoms with Crippen LogP contribution in [0, 0.1) is 24.0 Å². The molecule has 1 aliphatic heterocycles. The van der Waals surface area contributed by atoms with Gasteiger partial charge in [-0.25, -0.2) is 4.68 Å². The van der Waals surface area contributed by atoms with Gasteiger partial charge in [0.05, 0.1) is 34.5 Å². The molecule has 9 heteroatoms. The summed E-state index contributed by atoms with van der Waals surface area (Å²) in [5.74, 6) is 0.847. The lowest BCUT2D eigenvalue weighted by Gasteiger charge is -2.16. The second kappa shape index (κ2) is 9.42. The van der Waals surface area contributed by atoms with Crippen LogP contribution in [0.5, 0.6) is 11.5 Å². The lowest BCUT2D eigenvalue weighted by Crippen LogP contribution is -2.19. The molecule has 3 aromatic rings. The quantitative estimate of drug-likeness (QED) is 0.272. The first kappa shape index (κ1) is 22.3. The fourth-order valence-electron chi connectivity index (χ4n) is 4.29. The number of hydrogen-bond acceptors (Lipinski definition) is 7. The largest absolute Gasteiger partial charge is 0.454 e. The number of aromatic nitrogens is 1. The average Bonchev–Trinajstić information content (AvgIpc) is 3.46. The molecule has 0 amide bonds. The van der Waals surface area contributed by atoms with Gasteiger partial charge in [-0.15, -0.1) is 11.3 Å². The van der Waals surface area contributed by atoms with Crippen molar-refractivity contribution in [3.05, 3.63) is 67.3 Å². The van der Waals surface area contributed by atoms with E-state index >= 15 is 0 Å². The number of ether oxygens (including phenoxy) is 2. The second-order valence-corrected chi connectivity index (χ2v) is 9.54. The molecule has 0 saturated heterocycles. The predicted octanol–water partition coefficient (Wildman–Crippen LogP) is 5.59. The third kappa shape index (κ3) is 4.48. The number of nitro groups is 1. The summed E-state index contributed by atoms with van der Waals surface area (Å²) >= 11 is 1.54. The zero-order chi connectivity index (χ0) is 23.7. The molecule has 5 rings (SSSR count). The Kier molecular flexibility index (Phi) is 6.19. The second-order valence-electron chi connectivity index (χ2n) is 8.70. The molecule has 1 fully saturated rings. The normalized spacial score (nSPS) is 16.5. The Morgan fingerprint density at radius 1 is 1.09 bits per heavy atom. The van der Waals surface area contributed by atoms with Crippen LogP contribution in [-0.2, 0) is 0 Å². The summed E-state index contributed by atoms with van der Waals surface area (Å²) in [6, 6.07) is 9.57. The van der Waals surface area contributed by atoms with Crippen molar-refractivity contribution in [1.29, 1.82) is 0 Å². The third-order valence-corrected chi connectivity index (χ3v) is 7.22. The van der Waals surface area contributed by atoms with Crippen LogP contribution in [0.25, 0.3) is 11.3 Å². The molecule has 1 aliphatic carbocycles. The van der Waals surface area contributed by atoms with Crippen LogP contribution < -0.4 is 14.3 Å². The van der Waals surface area contributed by atoms with Crippen molar-refractivity contribution in [1.82, 2.24) is 4.68 Å². The van der Waals surface area contributed by atoms with Crippen molar-refractivity contribution in [2.24, 2.45) is 10.1 Å². The smallest absolute Gasteiger partial charge is 0.282 e. The highest BCUT2D eigenvalue weighted by Gasteiger charge is 2.23. The van der Waals surface area contributed by atoms with Gasteiger partial charge in [0.25, 0.3) is 5.69 Å². The van der Waals surface area contributed by atoms with Gasteiger partial charge < -0.3 is 9.47 Å². The van der Waals surface area contributed by atoms with Crippen LogP contribution in [0.1, 0.15) is 48.8 Å². The molecule has 0 atom stereocenters. The fourth-order valence-corrected chi connectivity index (χ4v) is 5.20. The summed E-state index contributed by atoms with van der Waals surface area (Å²) in [6.45, 7) is 4.22. The Morgan fingerprint density at radius 3 is 2.59 bits per heavy atom. The Bertz CT molecular complexity index is 1340.